The van der Waals surface area contributed by atoms with E-state index in [0.717, 1.165) is 36.4 Å². The molecule has 1 heterocycles. The molecule has 0 aliphatic carbocycles. The van der Waals surface area contributed by atoms with Gasteiger partial charge in [0.05, 0.1) is 36.6 Å². The third-order valence-corrected chi connectivity index (χ3v) is 5.70. The van der Waals surface area contributed by atoms with Crippen LogP contribution < -0.4 is 24.8 Å². The molecule has 0 atom stereocenters. The fourth-order valence-corrected chi connectivity index (χ4v) is 4.13. The first-order valence-corrected chi connectivity index (χ1v) is 10.6. The summed E-state index contributed by atoms with van der Waals surface area (Å²) in [5.74, 6) is 2.59. The molecule has 8 heteroatoms. The van der Waals surface area contributed by atoms with Crippen LogP contribution in [0.3, 0.4) is 0 Å². The first-order valence-electron chi connectivity index (χ1n) is 9.76. The number of para-hydroxylation sites is 1. The number of benzene rings is 2. The second-order valence-corrected chi connectivity index (χ2v) is 7.68. The van der Waals surface area contributed by atoms with Gasteiger partial charge in [-0.3, -0.25) is 4.99 Å². The second-order valence-electron chi connectivity index (χ2n) is 6.57. The summed E-state index contributed by atoms with van der Waals surface area (Å²) in [4.78, 5) is 8.98. The molecule has 0 unspecified atom stereocenters. The Balaban J connectivity index is 1.50. The Morgan fingerprint density at radius 2 is 1.77 bits per heavy atom. The zero-order valence-corrected chi connectivity index (χ0v) is 18.6. The van der Waals surface area contributed by atoms with Crippen molar-refractivity contribution in [1.82, 2.24) is 15.6 Å². The third-order valence-electron chi connectivity index (χ3n) is 4.61. The van der Waals surface area contributed by atoms with E-state index in [9.17, 15) is 0 Å². The number of aryl methyl sites for hydroxylation is 1. The molecule has 0 amide bonds. The highest BCUT2D eigenvalue weighted by atomic mass is 32.1. The number of thiazole rings is 1. The van der Waals surface area contributed by atoms with E-state index in [1.54, 1.807) is 39.7 Å². The van der Waals surface area contributed by atoms with Crippen molar-refractivity contribution >= 4 is 27.5 Å². The number of nitrogens with one attached hydrogen (secondary N) is 2. The Labute approximate surface area is 181 Å². The van der Waals surface area contributed by atoms with E-state index in [1.807, 2.05) is 18.2 Å². The molecule has 3 rings (SSSR count). The highest BCUT2D eigenvalue weighted by molar-refractivity contribution is 7.18. The summed E-state index contributed by atoms with van der Waals surface area (Å²) in [6.45, 7) is 1.39. The molecular weight excluding hydrogens is 400 g/mol. The Morgan fingerprint density at radius 1 is 1.03 bits per heavy atom. The molecular formula is C22H28N4O3S. The maximum Gasteiger partial charge on any atom is 0.203 e. The summed E-state index contributed by atoms with van der Waals surface area (Å²) in [5.41, 5.74) is 2.08. The highest BCUT2D eigenvalue weighted by Crippen LogP contribution is 2.38. The lowest BCUT2D eigenvalue weighted by atomic mass is 10.2. The normalized spacial score (nSPS) is 11.4. The predicted octanol–water partition coefficient (Wildman–Crippen LogP) is 3.62. The van der Waals surface area contributed by atoms with Crippen LogP contribution in [0.15, 0.2) is 41.4 Å². The van der Waals surface area contributed by atoms with Crippen LogP contribution in [0, 0.1) is 0 Å². The number of fused-ring (bicyclic) bond motifs is 1. The Hall–Kier alpha value is -3.00. The molecule has 30 heavy (non-hydrogen) atoms. The molecule has 0 aliphatic rings. The molecule has 0 spiro atoms. The van der Waals surface area contributed by atoms with Gasteiger partial charge in [0.25, 0.3) is 0 Å². The molecule has 3 aromatic rings. The van der Waals surface area contributed by atoms with E-state index < -0.39 is 0 Å². The standard InChI is InChI=1S/C22H28N4O3S/c1-23-22(24-11-7-10-20-26-16-8-5-6-9-19(16)30-20)25-14-15-12-17(27-2)21(29-4)18(13-15)28-3/h5-6,8-9,12-13H,7,10-11,14H2,1-4H3,(H2,23,24,25). The van der Waals surface area contributed by atoms with Gasteiger partial charge in [0, 0.05) is 26.6 Å². The summed E-state index contributed by atoms with van der Waals surface area (Å²) in [5, 5.41) is 7.84. The van der Waals surface area contributed by atoms with Crippen LogP contribution in [0.5, 0.6) is 17.2 Å². The average Bonchev–Trinajstić information content (AvgIpc) is 3.20. The zero-order chi connectivity index (χ0) is 21.3. The quantitative estimate of drug-likeness (QED) is 0.308. The van der Waals surface area contributed by atoms with Gasteiger partial charge in [-0.2, -0.15) is 0 Å². The van der Waals surface area contributed by atoms with Gasteiger partial charge in [-0.25, -0.2) is 4.98 Å². The van der Waals surface area contributed by atoms with Crippen molar-refractivity contribution in [3.8, 4) is 17.2 Å². The third kappa shape index (κ3) is 5.33. The van der Waals surface area contributed by atoms with Crippen LogP contribution in [0.2, 0.25) is 0 Å². The summed E-state index contributed by atoms with van der Waals surface area (Å²) in [6, 6.07) is 12.1. The minimum Gasteiger partial charge on any atom is -0.493 e. The van der Waals surface area contributed by atoms with Gasteiger partial charge in [0.1, 0.15) is 0 Å². The average molecular weight is 429 g/mol. The molecule has 0 aliphatic heterocycles. The van der Waals surface area contributed by atoms with Crippen LogP contribution in [0.4, 0.5) is 0 Å². The number of aromatic nitrogens is 1. The maximum absolute atomic E-state index is 5.41. The number of hydrogen-bond donors (Lipinski definition) is 2. The Kier molecular flexibility index (Phi) is 7.73. The van der Waals surface area contributed by atoms with Gasteiger partial charge in [-0.15, -0.1) is 11.3 Å². The van der Waals surface area contributed by atoms with Crippen LogP contribution in [-0.2, 0) is 13.0 Å². The fraction of sp³-hybridized carbons (Fsp3) is 0.364. The van der Waals surface area contributed by atoms with Crippen molar-refractivity contribution in [1.29, 1.82) is 0 Å². The van der Waals surface area contributed by atoms with Crippen LogP contribution in [0.1, 0.15) is 17.0 Å². The van der Waals surface area contributed by atoms with Gasteiger partial charge < -0.3 is 24.8 Å². The van der Waals surface area contributed by atoms with Crippen molar-refractivity contribution < 1.29 is 14.2 Å². The Morgan fingerprint density at radius 3 is 2.40 bits per heavy atom. The largest absolute Gasteiger partial charge is 0.493 e. The lowest BCUT2D eigenvalue weighted by molar-refractivity contribution is 0.323. The maximum atomic E-state index is 5.41. The highest BCUT2D eigenvalue weighted by Gasteiger charge is 2.13. The molecule has 7 nitrogen and oxygen atoms in total. The van der Waals surface area contributed by atoms with Gasteiger partial charge in [0.15, 0.2) is 17.5 Å². The van der Waals surface area contributed by atoms with Gasteiger partial charge in [0.2, 0.25) is 5.75 Å². The molecule has 2 N–H and O–H groups in total. The smallest absolute Gasteiger partial charge is 0.203 e. The van der Waals surface area contributed by atoms with E-state index in [1.165, 1.54) is 9.71 Å². The van der Waals surface area contributed by atoms with Crippen molar-refractivity contribution in [3.63, 3.8) is 0 Å². The minimum atomic E-state index is 0.578. The number of hydrogen-bond acceptors (Lipinski definition) is 6. The molecule has 0 bridgehead atoms. The van der Waals surface area contributed by atoms with E-state index in [2.05, 4.69) is 38.8 Å². The SMILES string of the molecule is CN=C(NCCCc1nc2ccccc2s1)NCc1cc(OC)c(OC)c(OC)c1. The van der Waals surface area contributed by atoms with E-state index in [4.69, 9.17) is 14.2 Å². The fourth-order valence-electron chi connectivity index (χ4n) is 3.12. The van der Waals surface area contributed by atoms with Crippen LogP contribution in [-0.4, -0.2) is 45.9 Å². The minimum absolute atomic E-state index is 0.578. The number of rotatable bonds is 9. The molecule has 0 fully saturated rings. The van der Waals surface area contributed by atoms with Crippen molar-refractivity contribution in [3.05, 3.63) is 47.0 Å². The molecule has 0 saturated carbocycles. The number of ether oxygens (including phenoxy) is 3. The van der Waals surface area contributed by atoms with Crippen molar-refractivity contribution in [2.24, 2.45) is 4.99 Å². The molecule has 0 radical (unpaired) electrons. The summed E-state index contributed by atoms with van der Waals surface area (Å²) in [6.07, 6.45) is 1.92. The van der Waals surface area contributed by atoms with Crippen molar-refractivity contribution in [2.75, 3.05) is 34.9 Å². The molecule has 2 aromatic carbocycles. The second kappa shape index (κ2) is 10.7. The van der Waals surface area contributed by atoms with Crippen LogP contribution in [0.25, 0.3) is 10.2 Å². The number of methoxy groups -OCH3 is 3. The number of guanidine groups is 1. The number of aliphatic imine (C=N–C) groups is 1. The van der Waals surface area contributed by atoms with Gasteiger partial charge >= 0.3 is 0 Å². The molecule has 1 aromatic heterocycles. The summed E-state index contributed by atoms with van der Waals surface area (Å²) < 4.78 is 17.4. The van der Waals surface area contributed by atoms with E-state index in [-0.39, 0.29) is 0 Å². The van der Waals surface area contributed by atoms with E-state index >= 15 is 0 Å². The lowest BCUT2D eigenvalue weighted by Crippen LogP contribution is -2.37. The monoisotopic (exact) mass is 428 g/mol. The first-order chi connectivity index (χ1) is 14.7. The first kappa shape index (κ1) is 21.7. The predicted molar refractivity (Wildman–Crippen MR) is 122 cm³/mol. The summed E-state index contributed by atoms with van der Waals surface area (Å²) >= 11 is 1.76. The molecule has 160 valence electrons. The Bertz CT molecular complexity index is 945. The number of nitrogens with zero attached hydrogens (tertiary/aromatic N) is 2. The van der Waals surface area contributed by atoms with E-state index in [0.29, 0.717) is 23.8 Å². The van der Waals surface area contributed by atoms with Crippen molar-refractivity contribution in [2.45, 2.75) is 19.4 Å². The van der Waals surface area contributed by atoms with Gasteiger partial charge in [-0.1, -0.05) is 12.1 Å². The zero-order valence-electron chi connectivity index (χ0n) is 17.8. The van der Waals surface area contributed by atoms with Crippen LogP contribution >= 0.6 is 11.3 Å². The van der Waals surface area contributed by atoms with Gasteiger partial charge in [-0.05, 0) is 36.2 Å². The summed E-state index contributed by atoms with van der Waals surface area (Å²) in [7, 11) is 6.58. The lowest BCUT2D eigenvalue weighted by Gasteiger charge is -2.16. The molecule has 0 saturated heterocycles. The topological polar surface area (TPSA) is 77.0 Å².